The molecule has 1 rings (SSSR count). The molecule has 0 radical (unpaired) electrons. The lowest BCUT2D eigenvalue weighted by Crippen LogP contribution is -2.45. The van der Waals surface area contributed by atoms with E-state index in [1.165, 1.54) is 0 Å². The molecule has 0 bridgehead atoms. The van der Waals surface area contributed by atoms with Gasteiger partial charge < -0.3 is 4.74 Å². The van der Waals surface area contributed by atoms with Crippen LogP contribution in [0, 0.1) is 5.92 Å². The second-order valence-corrected chi connectivity index (χ2v) is 5.85. The third-order valence-electron chi connectivity index (χ3n) is 3.10. The lowest BCUT2D eigenvalue weighted by atomic mass is 9.91. The minimum absolute atomic E-state index is 0.0318. The van der Waals surface area contributed by atoms with Gasteiger partial charge in [0, 0.05) is 0 Å². The Hall–Kier alpha value is -0.603. The molecule has 0 aromatic carbocycles. The molecule has 0 amide bonds. The van der Waals surface area contributed by atoms with E-state index in [-0.39, 0.29) is 20.8 Å². The van der Waals surface area contributed by atoms with Crippen molar-refractivity contribution >= 4 is 9.52 Å². The van der Waals surface area contributed by atoms with Gasteiger partial charge in [-0.2, -0.15) is 0 Å². The number of ether oxygens (including phenoxy) is 1. The number of hydrogen-bond acceptors (Lipinski definition) is 1. The lowest BCUT2D eigenvalue weighted by molar-refractivity contribution is -0.0423. The molecular formula is C12H20OSi. The van der Waals surface area contributed by atoms with Crippen LogP contribution in [-0.4, -0.2) is 20.8 Å². The summed E-state index contributed by atoms with van der Waals surface area (Å²) in [6, 6.07) is 0. The standard InChI is InChI=1S/C12H20OSi/c1-5-10-8-11(6-2)13-12(7-3,9-10)14-4/h5-7,10-11H,1-3,8-9,14H2,4H3. The highest BCUT2D eigenvalue weighted by atomic mass is 28.2. The van der Waals surface area contributed by atoms with E-state index < -0.39 is 0 Å². The van der Waals surface area contributed by atoms with Crippen molar-refractivity contribution in [2.24, 2.45) is 5.92 Å². The van der Waals surface area contributed by atoms with E-state index in [1.807, 2.05) is 18.2 Å². The van der Waals surface area contributed by atoms with Crippen LogP contribution in [0.15, 0.2) is 38.0 Å². The summed E-state index contributed by atoms with van der Waals surface area (Å²) in [7, 11) is -0.257. The van der Waals surface area contributed by atoms with Crippen LogP contribution in [0.2, 0.25) is 6.55 Å². The molecule has 1 aliphatic heterocycles. The van der Waals surface area contributed by atoms with Gasteiger partial charge in [0.25, 0.3) is 0 Å². The molecule has 1 nitrogen and oxygen atoms in total. The van der Waals surface area contributed by atoms with Gasteiger partial charge in [-0.3, -0.25) is 0 Å². The largest absolute Gasteiger partial charge is 0.368 e. The molecule has 0 saturated carbocycles. The van der Waals surface area contributed by atoms with Gasteiger partial charge in [-0.25, -0.2) is 0 Å². The summed E-state index contributed by atoms with van der Waals surface area (Å²) in [6.45, 7) is 13.9. The number of allylic oxidation sites excluding steroid dienone is 1. The van der Waals surface area contributed by atoms with Gasteiger partial charge in [0.2, 0.25) is 0 Å². The molecule has 0 spiro atoms. The topological polar surface area (TPSA) is 9.23 Å². The van der Waals surface area contributed by atoms with Crippen LogP contribution < -0.4 is 0 Å². The minimum atomic E-state index is -0.257. The first-order chi connectivity index (χ1) is 6.69. The van der Waals surface area contributed by atoms with Crippen molar-refractivity contribution in [3.05, 3.63) is 38.0 Å². The van der Waals surface area contributed by atoms with E-state index >= 15 is 0 Å². The third kappa shape index (κ3) is 2.25. The highest BCUT2D eigenvalue weighted by Crippen LogP contribution is 2.34. The first kappa shape index (κ1) is 11.5. The highest BCUT2D eigenvalue weighted by molar-refractivity contribution is 6.38. The van der Waals surface area contributed by atoms with Crippen LogP contribution in [0.1, 0.15) is 12.8 Å². The summed E-state index contributed by atoms with van der Waals surface area (Å²) in [5.74, 6) is 0.553. The summed E-state index contributed by atoms with van der Waals surface area (Å²) in [5, 5.41) is -0.0318. The van der Waals surface area contributed by atoms with E-state index in [0.29, 0.717) is 5.92 Å². The average Bonchev–Trinajstić information content (AvgIpc) is 2.28. The van der Waals surface area contributed by atoms with Gasteiger partial charge in [0.1, 0.15) is 0 Å². The molecule has 0 aromatic rings. The summed E-state index contributed by atoms with van der Waals surface area (Å²) >= 11 is 0. The first-order valence-corrected chi connectivity index (χ1v) is 7.38. The maximum Gasteiger partial charge on any atom is 0.0766 e. The lowest BCUT2D eigenvalue weighted by Gasteiger charge is -2.41. The van der Waals surface area contributed by atoms with E-state index in [9.17, 15) is 0 Å². The predicted molar refractivity (Wildman–Crippen MR) is 65.3 cm³/mol. The molecule has 1 heterocycles. The van der Waals surface area contributed by atoms with E-state index in [1.54, 1.807) is 0 Å². The van der Waals surface area contributed by atoms with Gasteiger partial charge >= 0.3 is 0 Å². The first-order valence-electron chi connectivity index (χ1n) is 5.26. The Labute approximate surface area is 89.4 Å². The van der Waals surface area contributed by atoms with Gasteiger partial charge in [-0.05, 0) is 18.8 Å². The third-order valence-corrected chi connectivity index (χ3v) is 5.04. The average molecular weight is 208 g/mol. The SMILES string of the molecule is C=CC1CC(C=C)OC(C=C)([SiH2]C)C1. The van der Waals surface area contributed by atoms with Crippen LogP contribution >= 0.6 is 0 Å². The Balaban J connectivity index is 2.81. The zero-order chi connectivity index (χ0) is 10.6. The van der Waals surface area contributed by atoms with Gasteiger partial charge in [-0.15, -0.1) is 19.7 Å². The number of rotatable bonds is 4. The van der Waals surface area contributed by atoms with Crippen molar-refractivity contribution < 1.29 is 4.74 Å². The van der Waals surface area contributed by atoms with Crippen molar-refractivity contribution in [2.45, 2.75) is 30.7 Å². The molecule has 14 heavy (non-hydrogen) atoms. The maximum absolute atomic E-state index is 6.03. The normalized spacial score (nSPS) is 38.4. The molecule has 1 aliphatic rings. The molecule has 0 aromatic heterocycles. The fourth-order valence-electron chi connectivity index (χ4n) is 2.05. The Morgan fingerprint density at radius 3 is 2.50 bits per heavy atom. The van der Waals surface area contributed by atoms with Gasteiger partial charge in [0.15, 0.2) is 0 Å². The van der Waals surface area contributed by atoms with E-state index in [2.05, 4.69) is 26.3 Å². The Morgan fingerprint density at radius 1 is 1.36 bits per heavy atom. The van der Waals surface area contributed by atoms with E-state index in [0.717, 1.165) is 12.8 Å². The van der Waals surface area contributed by atoms with Crippen molar-refractivity contribution in [1.29, 1.82) is 0 Å². The van der Waals surface area contributed by atoms with Crippen molar-refractivity contribution in [3.8, 4) is 0 Å². The number of hydrogen-bond donors (Lipinski definition) is 0. The van der Waals surface area contributed by atoms with Crippen molar-refractivity contribution in [3.63, 3.8) is 0 Å². The fourth-order valence-corrected chi connectivity index (χ4v) is 3.38. The Morgan fingerprint density at radius 2 is 2.07 bits per heavy atom. The summed E-state index contributed by atoms with van der Waals surface area (Å²) in [5.41, 5.74) is 0. The molecule has 2 heteroatoms. The molecule has 1 fully saturated rings. The zero-order valence-corrected chi connectivity index (χ0v) is 10.5. The second kappa shape index (κ2) is 4.76. The molecule has 1 saturated heterocycles. The van der Waals surface area contributed by atoms with Crippen LogP contribution in [0.3, 0.4) is 0 Å². The van der Waals surface area contributed by atoms with Crippen LogP contribution in [-0.2, 0) is 4.74 Å². The van der Waals surface area contributed by atoms with Crippen LogP contribution in [0.25, 0.3) is 0 Å². The fraction of sp³-hybridized carbons (Fsp3) is 0.500. The summed E-state index contributed by atoms with van der Waals surface area (Å²) in [4.78, 5) is 0. The second-order valence-electron chi connectivity index (χ2n) is 3.95. The quantitative estimate of drug-likeness (QED) is 0.508. The molecule has 3 atom stereocenters. The molecule has 3 unspecified atom stereocenters. The Bertz CT molecular complexity index is 218. The van der Waals surface area contributed by atoms with Crippen molar-refractivity contribution in [1.82, 2.24) is 0 Å². The van der Waals surface area contributed by atoms with E-state index in [4.69, 9.17) is 4.74 Å². The highest BCUT2D eigenvalue weighted by Gasteiger charge is 2.35. The molecule has 0 aliphatic carbocycles. The maximum atomic E-state index is 6.03. The Kier molecular flexibility index (Phi) is 3.90. The van der Waals surface area contributed by atoms with Crippen molar-refractivity contribution in [2.75, 3.05) is 0 Å². The minimum Gasteiger partial charge on any atom is -0.368 e. The molecule has 78 valence electrons. The molecular weight excluding hydrogens is 188 g/mol. The predicted octanol–water partition coefficient (Wildman–Crippen LogP) is 2.25. The van der Waals surface area contributed by atoms with Crippen LogP contribution in [0.5, 0.6) is 0 Å². The summed E-state index contributed by atoms with van der Waals surface area (Å²) in [6.07, 6.45) is 8.20. The summed E-state index contributed by atoms with van der Waals surface area (Å²) < 4.78 is 6.03. The molecule has 0 N–H and O–H groups in total. The smallest absolute Gasteiger partial charge is 0.0766 e. The zero-order valence-electron chi connectivity index (χ0n) is 9.04. The monoisotopic (exact) mass is 208 g/mol. The van der Waals surface area contributed by atoms with Crippen LogP contribution in [0.4, 0.5) is 0 Å². The van der Waals surface area contributed by atoms with Gasteiger partial charge in [-0.1, -0.05) is 24.8 Å². The van der Waals surface area contributed by atoms with Gasteiger partial charge in [0.05, 0.1) is 20.8 Å².